The first-order valence-corrected chi connectivity index (χ1v) is 19.7. The predicted octanol–water partition coefficient (Wildman–Crippen LogP) is 2.51. The van der Waals surface area contributed by atoms with Gasteiger partial charge in [0.05, 0.1) is 0 Å². The van der Waals surface area contributed by atoms with Gasteiger partial charge in [0, 0.05) is 7.11 Å². The first-order valence-electron chi connectivity index (χ1n) is 10.1. The van der Waals surface area contributed by atoms with Gasteiger partial charge in [-0.05, 0) is 57.7 Å². The highest BCUT2D eigenvalue weighted by Gasteiger charge is 2.40. The summed E-state index contributed by atoms with van der Waals surface area (Å²) in [5, 5.41) is 0. The van der Waals surface area contributed by atoms with E-state index in [1.165, 1.54) is 0 Å². The summed E-state index contributed by atoms with van der Waals surface area (Å²) in [4.78, 5) is 22.2. The number of hydrogen-bond donors (Lipinski definition) is 0. The first-order chi connectivity index (χ1) is 13.9. The molecule has 10 nitrogen and oxygen atoms in total. The molecule has 30 heavy (non-hydrogen) atoms. The second-order valence-electron chi connectivity index (χ2n) is 8.77. The van der Waals surface area contributed by atoms with Gasteiger partial charge in [0.15, 0.2) is 8.32 Å². The van der Waals surface area contributed by atoms with Crippen molar-refractivity contribution in [1.82, 2.24) is 0 Å². The van der Waals surface area contributed by atoms with Gasteiger partial charge >= 0.3 is 29.4 Å². The van der Waals surface area contributed by atoms with Crippen molar-refractivity contribution in [1.29, 1.82) is 0 Å². The van der Waals surface area contributed by atoms with Crippen molar-refractivity contribution in [2.24, 2.45) is 0 Å². The minimum atomic E-state index is -2.52. The zero-order valence-corrected chi connectivity index (χ0v) is 23.1. The minimum absolute atomic E-state index is 0.253. The number of rotatable bonds is 13. The third kappa shape index (κ3) is 8.78. The topological polar surface area (TPSA) is 108 Å². The average molecular weight is 499 g/mol. The van der Waals surface area contributed by atoms with Gasteiger partial charge in [-0.3, -0.25) is 0 Å². The standard InChI is InChI=1S/C16H34O10Si4/c1-19-29(5,9-7-13-11-20-15(17)22-13)24-27-25-30(6,26-28(2,3)4)10-8-14-12-21-16(18)23-14/h13-14H,7-12,27H2,1-6H3. The van der Waals surface area contributed by atoms with Crippen LogP contribution in [0.15, 0.2) is 0 Å². The van der Waals surface area contributed by atoms with Crippen molar-refractivity contribution in [2.75, 3.05) is 20.3 Å². The molecule has 0 aromatic carbocycles. The maximum atomic E-state index is 11.2. The van der Waals surface area contributed by atoms with Crippen LogP contribution >= 0.6 is 0 Å². The molecule has 4 unspecified atom stereocenters. The van der Waals surface area contributed by atoms with E-state index < -0.39 is 47.8 Å². The van der Waals surface area contributed by atoms with E-state index in [0.717, 1.165) is 0 Å². The Kier molecular flexibility index (Phi) is 9.11. The SMILES string of the molecule is CO[Si](C)(CCC1COC(=O)O1)O[SiH2]O[Si](C)(CCC1COC(=O)O1)O[Si](C)(C)C. The molecule has 0 aromatic rings. The van der Waals surface area contributed by atoms with E-state index in [-0.39, 0.29) is 25.4 Å². The van der Waals surface area contributed by atoms with Gasteiger partial charge < -0.3 is 35.7 Å². The summed E-state index contributed by atoms with van der Waals surface area (Å²) in [6.45, 7) is 10.9. The Hall–Kier alpha value is -0.752. The molecule has 0 saturated carbocycles. The van der Waals surface area contributed by atoms with Crippen LogP contribution in [0.1, 0.15) is 12.8 Å². The van der Waals surface area contributed by atoms with Crippen LogP contribution in [-0.4, -0.2) is 80.3 Å². The third-order valence-corrected chi connectivity index (χ3v) is 18.1. The Morgan fingerprint density at radius 3 is 1.73 bits per heavy atom. The van der Waals surface area contributed by atoms with Crippen molar-refractivity contribution in [3.05, 3.63) is 0 Å². The molecule has 2 aliphatic rings. The minimum Gasteiger partial charge on any atom is -0.437 e. The molecule has 2 aliphatic heterocycles. The summed E-state index contributed by atoms with van der Waals surface area (Å²) in [6, 6.07) is 1.36. The molecule has 0 amide bonds. The molecule has 2 saturated heterocycles. The van der Waals surface area contributed by atoms with E-state index >= 15 is 0 Å². The van der Waals surface area contributed by atoms with Crippen LogP contribution in [0.5, 0.6) is 0 Å². The summed E-state index contributed by atoms with van der Waals surface area (Å²) in [6.07, 6.45) is -0.479. The van der Waals surface area contributed by atoms with Gasteiger partial charge in [0.2, 0.25) is 0 Å². The highest BCUT2D eigenvalue weighted by atomic mass is 28.5. The fraction of sp³-hybridized carbons (Fsp3) is 0.875. The lowest BCUT2D eigenvalue weighted by Gasteiger charge is -2.35. The summed E-state index contributed by atoms with van der Waals surface area (Å²) in [5.74, 6) is 0. The molecule has 2 heterocycles. The second kappa shape index (κ2) is 10.7. The third-order valence-electron chi connectivity index (χ3n) is 4.82. The number of ether oxygens (including phenoxy) is 4. The smallest absolute Gasteiger partial charge is 0.437 e. The van der Waals surface area contributed by atoms with E-state index in [0.29, 0.717) is 24.9 Å². The van der Waals surface area contributed by atoms with Crippen LogP contribution in [0.3, 0.4) is 0 Å². The molecule has 0 aliphatic carbocycles. The Morgan fingerprint density at radius 2 is 1.33 bits per heavy atom. The normalized spacial score (nSPS) is 26.1. The summed E-state index contributed by atoms with van der Waals surface area (Å²) < 4.78 is 44.5. The molecule has 0 N–H and O–H groups in total. The molecular formula is C16H34O10Si4. The quantitative estimate of drug-likeness (QED) is 0.277. The number of carbonyl (C=O) groups excluding carboxylic acids is 2. The van der Waals surface area contributed by atoms with E-state index in [1.54, 1.807) is 7.11 Å². The zero-order chi connectivity index (χ0) is 22.4. The highest BCUT2D eigenvalue weighted by molar-refractivity contribution is 6.83. The fourth-order valence-corrected chi connectivity index (χ4v) is 15.8. The van der Waals surface area contributed by atoms with Crippen LogP contribution in [0, 0.1) is 0 Å². The molecule has 2 rings (SSSR count). The lowest BCUT2D eigenvalue weighted by Crippen LogP contribution is -2.50. The molecule has 0 radical (unpaired) electrons. The lowest BCUT2D eigenvalue weighted by atomic mass is 10.3. The highest BCUT2D eigenvalue weighted by Crippen LogP contribution is 2.26. The van der Waals surface area contributed by atoms with Gasteiger partial charge in [-0.1, -0.05) is 0 Å². The van der Waals surface area contributed by atoms with Gasteiger partial charge in [-0.25, -0.2) is 9.59 Å². The van der Waals surface area contributed by atoms with Gasteiger partial charge in [-0.2, -0.15) is 0 Å². The first kappa shape index (κ1) is 25.5. The summed E-state index contributed by atoms with van der Waals surface area (Å²) in [7, 11) is -6.53. The Balaban J connectivity index is 1.85. The molecule has 174 valence electrons. The number of carbonyl (C=O) groups is 2. The monoisotopic (exact) mass is 498 g/mol. The van der Waals surface area contributed by atoms with Crippen molar-refractivity contribution in [2.45, 2.75) is 69.9 Å². The van der Waals surface area contributed by atoms with Crippen molar-refractivity contribution in [3.63, 3.8) is 0 Å². The Bertz CT molecular complexity index is 603. The molecule has 0 spiro atoms. The van der Waals surface area contributed by atoms with Crippen LogP contribution in [0.4, 0.5) is 9.59 Å². The van der Waals surface area contributed by atoms with Gasteiger partial charge in [0.25, 0.3) is 10.0 Å². The second-order valence-corrected chi connectivity index (χ2v) is 22.3. The van der Waals surface area contributed by atoms with Crippen LogP contribution in [0.25, 0.3) is 0 Å². The van der Waals surface area contributed by atoms with E-state index in [4.69, 9.17) is 35.7 Å². The predicted molar refractivity (Wildman–Crippen MR) is 117 cm³/mol. The molecule has 14 heteroatoms. The van der Waals surface area contributed by atoms with Crippen molar-refractivity contribution >= 4 is 47.8 Å². The summed E-state index contributed by atoms with van der Waals surface area (Å²) >= 11 is 0. The van der Waals surface area contributed by atoms with Crippen LogP contribution < -0.4 is 0 Å². The van der Waals surface area contributed by atoms with E-state index in [1.807, 2.05) is 13.1 Å². The Labute approximate surface area is 183 Å². The van der Waals surface area contributed by atoms with Crippen LogP contribution in [-0.2, 0) is 35.7 Å². The van der Waals surface area contributed by atoms with Crippen molar-refractivity contribution in [3.8, 4) is 0 Å². The maximum absolute atomic E-state index is 11.2. The molecular weight excluding hydrogens is 465 g/mol. The molecule has 0 bridgehead atoms. The van der Waals surface area contributed by atoms with Gasteiger partial charge in [0.1, 0.15) is 25.4 Å². The summed E-state index contributed by atoms with van der Waals surface area (Å²) in [5.41, 5.74) is 0. The van der Waals surface area contributed by atoms with Crippen LogP contribution in [0.2, 0.25) is 44.8 Å². The van der Waals surface area contributed by atoms with Crippen molar-refractivity contribution < 1.29 is 45.3 Å². The average Bonchev–Trinajstić information content (AvgIpc) is 3.25. The maximum Gasteiger partial charge on any atom is 0.508 e. The largest absolute Gasteiger partial charge is 0.508 e. The van der Waals surface area contributed by atoms with Gasteiger partial charge in [-0.15, -0.1) is 0 Å². The Morgan fingerprint density at radius 1 is 0.867 bits per heavy atom. The van der Waals surface area contributed by atoms with E-state index in [9.17, 15) is 9.59 Å². The molecule has 2 fully saturated rings. The number of cyclic esters (lactones) is 4. The number of hydrogen-bond acceptors (Lipinski definition) is 10. The molecule has 4 atom stereocenters. The fourth-order valence-electron chi connectivity index (χ4n) is 3.17. The molecule has 0 aromatic heterocycles. The van der Waals surface area contributed by atoms with E-state index in [2.05, 4.69) is 19.6 Å². The zero-order valence-electron chi connectivity index (χ0n) is 18.7. The lowest BCUT2D eigenvalue weighted by molar-refractivity contribution is 0.115.